The molecule has 0 saturated heterocycles. The number of azo groups is 1. The van der Waals surface area contributed by atoms with Gasteiger partial charge in [-0.25, -0.2) is 0 Å². The van der Waals surface area contributed by atoms with E-state index in [2.05, 4.69) is 55.3 Å². The maximum atomic E-state index is 4.28. The van der Waals surface area contributed by atoms with Crippen LogP contribution in [0.2, 0.25) is 0 Å². The first-order chi connectivity index (χ1) is 9.67. The van der Waals surface area contributed by atoms with Crippen molar-refractivity contribution < 1.29 is 0 Å². The third kappa shape index (κ3) is 4.30. The highest BCUT2D eigenvalue weighted by molar-refractivity contribution is 5.42. The standard InChI is InChI=1S/C18H22N2/c1-4-15-5-9-17(10-6-15)19-20-18-11-7-16(8-12-18)13-14(2)3/h5-12,14H,4,13H2,1-3H3. The summed E-state index contributed by atoms with van der Waals surface area (Å²) < 4.78 is 0. The summed E-state index contributed by atoms with van der Waals surface area (Å²) in [6, 6.07) is 16.5. The normalized spacial score (nSPS) is 11.4. The van der Waals surface area contributed by atoms with Crippen molar-refractivity contribution in [3.8, 4) is 0 Å². The minimum absolute atomic E-state index is 0.680. The fourth-order valence-electron chi connectivity index (χ4n) is 2.08. The third-order valence-corrected chi connectivity index (χ3v) is 3.21. The Morgan fingerprint density at radius 1 is 0.750 bits per heavy atom. The zero-order chi connectivity index (χ0) is 14.4. The molecule has 0 spiro atoms. The van der Waals surface area contributed by atoms with Crippen molar-refractivity contribution in [1.29, 1.82) is 0 Å². The SMILES string of the molecule is CCc1ccc(N=Nc2ccc(CC(C)C)cc2)cc1. The number of benzene rings is 2. The molecule has 0 radical (unpaired) electrons. The van der Waals surface area contributed by atoms with Crippen LogP contribution >= 0.6 is 0 Å². The van der Waals surface area contributed by atoms with E-state index in [1.807, 2.05) is 24.3 Å². The van der Waals surface area contributed by atoms with Gasteiger partial charge in [0.15, 0.2) is 0 Å². The first kappa shape index (κ1) is 14.4. The Bertz CT molecular complexity index is 551. The number of hydrogen-bond acceptors (Lipinski definition) is 2. The van der Waals surface area contributed by atoms with Crippen LogP contribution in [0.5, 0.6) is 0 Å². The molecule has 0 aliphatic rings. The summed E-state index contributed by atoms with van der Waals surface area (Å²) in [5, 5.41) is 8.54. The minimum atomic E-state index is 0.680. The molecule has 0 aromatic heterocycles. The molecule has 0 atom stereocenters. The van der Waals surface area contributed by atoms with Gasteiger partial charge in [-0.15, -0.1) is 0 Å². The van der Waals surface area contributed by atoms with Crippen LogP contribution in [0.4, 0.5) is 11.4 Å². The predicted octanol–water partition coefficient (Wildman–Crippen LogP) is 5.86. The summed E-state index contributed by atoms with van der Waals surface area (Å²) in [6.07, 6.45) is 2.16. The highest BCUT2D eigenvalue weighted by Crippen LogP contribution is 2.20. The van der Waals surface area contributed by atoms with Crippen molar-refractivity contribution in [2.75, 3.05) is 0 Å². The lowest BCUT2D eigenvalue weighted by atomic mass is 10.0. The molecule has 0 heterocycles. The van der Waals surface area contributed by atoms with Crippen molar-refractivity contribution >= 4 is 11.4 Å². The zero-order valence-electron chi connectivity index (χ0n) is 12.5. The lowest BCUT2D eigenvalue weighted by Gasteiger charge is -2.04. The average Bonchev–Trinajstić information content (AvgIpc) is 2.46. The second-order valence-electron chi connectivity index (χ2n) is 5.48. The van der Waals surface area contributed by atoms with Gasteiger partial charge in [0.2, 0.25) is 0 Å². The van der Waals surface area contributed by atoms with E-state index in [9.17, 15) is 0 Å². The average molecular weight is 266 g/mol. The van der Waals surface area contributed by atoms with Crippen molar-refractivity contribution in [2.45, 2.75) is 33.6 Å². The highest BCUT2D eigenvalue weighted by atomic mass is 15.1. The second kappa shape index (κ2) is 6.99. The first-order valence-electron chi connectivity index (χ1n) is 7.27. The summed E-state index contributed by atoms with van der Waals surface area (Å²) in [5.41, 5.74) is 4.47. The van der Waals surface area contributed by atoms with Crippen LogP contribution < -0.4 is 0 Å². The molecule has 0 fully saturated rings. The lowest BCUT2D eigenvalue weighted by molar-refractivity contribution is 0.647. The van der Waals surface area contributed by atoms with E-state index in [4.69, 9.17) is 0 Å². The number of rotatable bonds is 5. The first-order valence-corrected chi connectivity index (χ1v) is 7.27. The van der Waals surface area contributed by atoms with Gasteiger partial charge < -0.3 is 0 Å². The van der Waals surface area contributed by atoms with Gasteiger partial charge in [0, 0.05) is 0 Å². The van der Waals surface area contributed by atoms with Crippen LogP contribution in [0.1, 0.15) is 31.9 Å². The Hall–Kier alpha value is -1.96. The Morgan fingerprint density at radius 2 is 1.20 bits per heavy atom. The lowest BCUT2D eigenvalue weighted by Crippen LogP contribution is -1.92. The third-order valence-electron chi connectivity index (χ3n) is 3.21. The maximum absolute atomic E-state index is 4.28. The minimum Gasteiger partial charge on any atom is -0.151 e. The molecule has 0 aliphatic carbocycles. The van der Waals surface area contributed by atoms with Crippen molar-refractivity contribution in [3.05, 3.63) is 59.7 Å². The molecule has 2 rings (SSSR count). The van der Waals surface area contributed by atoms with E-state index in [-0.39, 0.29) is 0 Å². The molecule has 2 aromatic carbocycles. The van der Waals surface area contributed by atoms with Gasteiger partial charge in [0.1, 0.15) is 0 Å². The molecule has 2 nitrogen and oxygen atoms in total. The number of nitrogens with zero attached hydrogens (tertiary/aromatic N) is 2. The van der Waals surface area contributed by atoms with Gasteiger partial charge >= 0.3 is 0 Å². The van der Waals surface area contributed by atoms with E-state index >= 15 is 0 Å². The highest BCUT2D eigenvalue weighted by Gasteiger charge is 1.98. The van der Waals surface area contributed by atoms with Crippen LogP contribution in [0.15, 0.2) is 58.8 Å². The van der Waals surface area contributed by atoms with E-state index in [0.29, 0.717) is 5.92 Å². The Morgan fingerprint density at radius 3 is 1.60 bits per heavy atom. The van der Waals surface area contributed by atoms with Crippen molar-refractivity contribution in [1.82, 2.24) is 0 Å². The van der Waals surface area contributed by atoms with Crippen LogP contribution in [0, 0.1) is 5.92 Å². The fraction of sp³-hybridized carbons (Fsp3) is 0.333. The van der Waals surface area contributed by atoms with Crippen molar-refractivity contribution in [3.63, 3.8) is 0 Å². The van der Waals surface area contributed by atoms with Gasteiger partial charge in [0.25, 0.3) is 0 Å². The Labute approximate surface area is 121 Å². The van der Waals surface area contributed by atoms with E-state index < -0.39 is 0 Å². The second-order valence-corrected chi connectivity index (χ2v) is 5.48. The Kier molecular flexibility index (Phi) is 5.05. The quantitative estimate of drug-likeness (QED) is 0.605. The molecule has 0 N–H and O–H groups in total. The van der Waals surface area contributed by atoms with Crippen LogP contribution in [0.3, 0.4) is 0 Å². The van der Waals surface area contributed by atoms with Gasteiger partial charge in [-0.1, -0.05) is 45.0 Å². The summed E-state index contributed by atoms with van der Waals surface area (Å²) in [6.45, 7) is 6.61. The summed E-state index contributed by atoms with van der Waals surface area (Å²) in [5.74, 6) is 0.680. The molecular formula is C18H22N2. The molecule has 0 saturated carbocycles. The molecule has 2 aromatic rings. The van der Waals surface area contributed by atoms with Crippen LogP contribution in [-0.2, 0) is 12.8 Å². The monoisotopic (exact) mass is 266 g/mol. The van der Waals surface area contributed by atoms with Gasteiger partial charge in [-0.05, 0) is 54.2 Å². The smallest absolute Gasteiger partial charge is 0.0857 e. The topological polar surface area (TPSA) is 24.7 Å². The van der Waals surface area contributed by atoms with Gasteiger partial charge in [-0.3, -0.25) is 0 Å². The Balaban J connectivity index is 2.03. The molecule has 0 unspecified atom stereocenters. The summed E-state index contributed by atoms with van der Waals surface area (Å²) in [7, 11) is 0. The van der Waals surface area contributed by atoms with Crippen LogP contribution in [0.25, 0.3) is 0 Å². The number of hydrogen-bond donors (Lipinski definition) is 0. The molecule has 0 amide bonds. The summed E-state index contributed by atoms with van der Waals surface area (Å²) >= 11 is 0. The summed E-state index contributed by atoms with van der Waals surface area (Å²) in [4.78, 5) is 0. The predicted molar refractivity (Wildman–Crippen MR) is 85.0 cm³/mol. The largest absolute Gasteiger partial charge is 0.151 e. The van der Waals surface area contributed by atoms with Crippen LogP contribution in [-0.4, -0.2) is 0 Å². The van der Waals surface area contributed by atoms with E-state index in [0.717, 1.165) is 24.2 Å². The maximum Gasteiger partial charge on any atom is 0.0857 e. The molecule has 104 valence electrons. The van der Waals surface area contributed by atoms with E-state index in [1.54, 1.807) is 0 Å². The molecule has 0 aliphatic heterocycles. The van der Waals surface area contributed by atoms with Gasteiger partial charge in [0.05, 0.1) is 11.4 Å². The molecule has 20 heavy (non-hydrogen) atoms. The zero-order valence-corrected chi connectivity index (χ0v) is 12.5. The fourth-order valence-corrected chi connectivity index (χ4v) is 2.08. The molecule has 2 heteroatoms. The molecule has 0 bridgehead atoms. The van der Waals surface area contributed by atoms with Gasteiger partial charge in [-0.2, -0.15) is 10.2 Å². The number of aryl methyl sites for hydroxylation is 1. The molecular weight excluding hydrogens is 244 g/mol. The van der Waals surface area contributed by atoms with E-state index in [1.165, 1.54) is 11.1 Å². The van der Waals surface area contributed by atoms with Crippen molar-refractivity contribution in [2.24, 2.45) is 16.1 Å².